The number of ether oxygens (including phenoxy) is 1. The number of aryl methyl sites for hydroxylation is 2. The number of likely N-dealkylation sites (tertiary alicyclic amines) is 1. The second kappa shape index (κ2) is 9.65. The number of fused-ring (bicyclic) bond motifs is 2. The van der Waals surface area contributed by atoms with Crippen molar-refractivity contribution >= 4 is 23.4 Å². The van der Waals surface area contributed by atoms with E-state index in [1.807, 2.05) is 70.2 Å². The SMILES string of the molecule is CCCN1CC=C[C@@]2(CC)O[C@]34C=CCN(c5cc(C)ccc5C)C(=O)C3N([C@H](C)CO)C(=O)[C@@H]4[C@H]2C1=O. The molecule has 1 N–H and O–H groups in total. The highest BCUT2D eigenvalue weighted by Gasteiger charge is 2.75. The van der Waals surface area contributed by atoms with E-state index in [9.17, 15) is 19.5 Å². The quantitative estimate of drug-likeness (QED) is 0.582. The fraction of sp³-hybridized carbons (Fsp3) is 0.567. The topological polar surface area (TPSA) is 90.4 Å². The number of aliphatic hydroxyl groups excluding tert-OH is 1. The zero-order chi connectivity index (χ0) is 27.4. The van der Waals surface area contributed by atoms with Crippen molar-refractivity contribution in [3.8, 4) is 0 Å². The van der Waals surface area contributed by atoms with Crippen LogP contribution < -0.4 is 4.90 Å². The van der Waals surface area contributed by atoms with Gasteiger partial charge in [-0.1, -0.05) is 50.3 Å². The summed E-state index contributed by atoms with van der Waals surface area (Å²) < 4.78 is 6.97. The van der Waals surface area contributed by atoms with Gasteiger partial charge in [0, 0.05) is 25.3 Å². The molecule has 5 rings (SSSR count). The Morgan fingerprint density at radius 1 is 1.03 bits per heavy atom. The minimum atomic E-state index is -1.32. The second-order valence-corrected chi connectivity index (χ2v) is 11.2. The van der Waals surface area contributed by atoms with Crippen molar-refractivity contribution in [2.45, 2.75) is 70.7 Å². The molecule has 8 nitrogen and oxygen atoms in total. The summed E-state index contributed by atoms with van der Waals surface area (Å²) in [5.41, 5.74) is 0.447. The van der Waals surface area contributed by atoms with Gasteiger partial charge in [-0.3, -0.25) is 14.4 Å². The lowest BCUT2D eigenvalue weighted by molar-refractivity contribution is -0.152. The van der Waals surface area contributed by atoms with Gasteiger partial charge in [0.05, 0.1) is 30.1 Å². The smallest absolute Gasteiger partial charge is 0.253 e. The molecule has 2 fully saturated rings. The summed E-state index contributed by atoms with van der Waals surface area (Å²) in [6, 6.07) is 4.35. The van der Waals surface area contributed by atoms with E-state index in [2.05, 4.69) is 0 Å². The van der Waals surface area contributed by atoms with Crippen molar-refractivity contribution in [1.29, 1.82) is 0 Å². The average Bonchev–Trinajstić information content (AvgIpc) is 3.20. The normalized spacial score (nSPS) is 33.3. The maximum atomic E-state index is 14.5. The van der Waals surface area contributed by atoms with Gasteiger partial charge in [0.2, 0.25) is 11.8 Å². The second-order valence-electron chi connectivity index (χ2n) is 11.2. The molecule has 0 radical (unpaired) electrons. The fourth-order valence-corrected chi connectivity index (χ4v) is 7.01. The first-order valence-corrected chi connectivity index (χ1v) is 13.8. The molecule has 38 heavy (non-hydrogen) atoms. The van der Waals surface area contributed by atoms with Gasteiger partial charge in [0.15, 0.2) is 0 Å². The number of hydrogen-bond acceptors (Lipinski definition) is 5. The molecule has 6 atom stereocenters. The van der Waals surface area contributed by atoms with Crippen molar-refractivity contribution < 1.29 is 24.2 Å². The van der Waals surface area contributed by atoms with Gasteiger partial charge >= 0.3 is 0 Å². The lowest BCUT2D eigenvalue weighted by Crippen LogP contribution is -2.58. The van der Waals surface area contributed by atoms with Crippen LogP contribution in [-0.4, -0.2) is 82.2 Å². The summed E-state index contributed by atoms with van der Waals surface area (Å²) in [7, 11) is 0. The Morgan fingerprint density at radius 2 is 1.76 bits per heavy atom. The van der Waals surface area contributed by atoms with Crippen LogP contribution in [0.2, 0.25) is 0 Å². The van der Waals surface area contributed by atoms with Gasteiger partial charge in [0.25, 0.3) is 5.91 Å². The minimum Gasteiger partial charge on any atom is -0.394 e. The third-order valence-corrected chi connectivity index (χ3v) is 8.85. The van der Waals surface area contributed by atoms with Gasteiger partial charge in [0.1, 0.15) is 11.6 Å². The summed E-state index contributed by atoms with van der Waals surface area (Å²) in [6.45, 7) is 10.8. The van der Waals surface area contributed by atoms with Crippen molar-refractivity contribution in [3.63, 3.8) is 0 Å². The van der Waals surface area contributed by atoms with Crippen molar-refractivity contribution in [3.05, 3.63) is 53.6 Å². The van der Waals surface area contributed by atoms with Gasteiger partial charge in [-0.25, -0.2) is 0 Å². The summed E-state index contributed by atoms with van der Waals surface area (Å²) >= 11 is 0. The molecule has 4 aliphatic heterocycles. The molecule has 2 saturated heterocycles. The minimum absolute atomic E-state index is 0.109. The maximum absolute atomic E-state index is 14.5. The van der Waals surface area contributed by atoms with E-state index in [0.29, 0.717) is 26.1 Å². The summed E-state index contributed by atoms with van der Waals surface area (Å²) in [6.07, 6.45) is 8.98. The standard InChI is InChI=1S/C30H39N3O5/c1-6-14-31-15-8-12-29(7-2)23(26(31)35)24-27(36)33(21(5)18-34)25-28(37)32(16-9-13-30(24,25)38-29)22-17-19(3)10-11-20(22)4/h8-13,17,21,23-25,34H,6-7,14-16,18H2,1-5H3/t21-,23+,24+,25?,29-,30+/m1/s1. The number of nitrogens with zero attached hydrogens (tertiary/aromatic N) is 3. The van der Waals surface area contributed by atoms with Gasteiger partial charge in [-0.2, -0.15) is 0 Å². The first-order valence-electron chi connectivity index (χ1n) is 13.8. The largest absolute Gasteiger partial charge is 0.394 e. The number of anilines is 1. The Labute approximate surface area is 224 Å². The predicted octanol–water partition coefficient (Wildman–Crippen LogP) is 2.76. The number of amides is 3. The predicted molar refractivity (Wildman–Crippen MR) is 144 cm³/mol. The highest BCUT2D eigenvalue weighted by Crippen LogP contribution is 2.59. The Hall–Kier alpha value is -2.97. The molecular weight excluding hydrogens is 482 g/mol. The maximum Gasteiger partial charge on any atom is 0.253 e. The molecule has 4 aliphatic rings. The van der Waals surface area contributed by atoms with E-state index in [1.165, 1.54) is 4.90 Å². The molecule has 8 heteroatoms. The van der Waals surface area contributed by atoms with E-state index >= 15 is 0 Å². The molecule has 0 saturated carbocycles. The lowest BCUT2D eigenvalue weighted by atomic mass is 9.73. The van der Waals surface area contributed by atoms with Crippen LogP contribution in [-0.2, 0) is 19.1 Å². The van der Waals surface area contributed by atoms with E-state index < -0.39 is 35.1 Å². The van der Waals surface area contributed by atoms with Crippen LogP contribution >= 0.6 is 0 Å². The summed E-state index contributed by atoms with van der Waals surface area (Å²) in [5.74, 6) is -2.30. The summed E-state index contributed by atoms with van der Waals surface area (Å²) in [4.78, 5) is 48.0. The molecule has 1 unspecified atom stereocenters. The van der Waals surface area contributed by atoms with Gasteiger partial charge < -0.3 is 24.5 Å². The Morgan fingerprint density at radius 3 is 2.45 bits per heavy atom. The van der Waals surface area contributed by atoms with Crippen LogP contribution in [0.25, 0.3) is 0 Å². The zero-order valence-electron chi connectivity index (χ0n) is 23.0. The molecule has 204 valence electrons. The third-order valence-electron chi connectivity index (χ3n) is 8.85. The summed E-state index contributed by atoms with van der Waals surface area (Å²) in [5, 5.41) is 10.2. The lowest BCUT2D eigenvalue weighted by Gasteiger charge is -2.40. The number of benzene rings is 1. The van der Waals surface area contributed by atoms with E-state index in [-0.39, 0.29) is 24.3 Å². The highest BCUT2D eigenvalue weighted by atomic mass is 16.5. The fourth-order valence-electron chi connectivity index (χ4n) is 7.01. The molecule has 1 aromatic rings. The number of hydrogen-bond donors (Lipinski definition) is 1. The van der Waals surface area contributed by atoms with Crippen LogP contribution in [0, 0.1) is 25.7 Å². The Bertz CT molecular complexity index is 1210. The molecule has 0 aliphatic carbocycles. The van der Waals surface area contributed by atoms with Crippen LogP contribution in [0.3, 0.4) is 0 Å². The number of carbonyl (C=O) groups is 3. The van der Waals surface area contributed by atoms with Crippen molar-refractivity contribution in [1.82, 2.24) is 9.80 Å². The molecular formula is C30H39N3O5. The number of carbonyl (C=O) groups excluding carboxylic acids is 3. The molecule has 0 bridgehead atoms. The van der Waals surface area contributed by atoms with E-state index in [1.54, 1.807) is 16.7 Å². The molecule has 0 aromatic heterocycles. The van der Waals surface area contributed by atoms with E-state index in [4.69, 9.17) is 4.74 Å². The Balaban J connectivity index is 1.69. The van der Waals surface area contributed by atoms with Crippen molar-refractivity contribution in [2.24, 2.45) is 11.8 Å². The number of rotatable bonds is 6. The van der Waals surface area contributed by atoms with Crippen molar-refractivity contribution in [2.75, 3.05) is 31.1 Å². The molecule has 3 amide bonds. The van der Waals surface area contributed by atoms with Gasteiger partial charge in [-0.05, 0) is 50.8 Å². The third kappa shape index (κ3) is 3.67. The van der Waals surface area contributed by atoms with Crippen LogP contribution in [0.15, 0.2) is 42.5 Å². The van der Waals surface area contributed by atoms with Gasteiger partial charge in [-0.15, -0.1) is 0 Å². The Kier molecular flexibility index (Phi) is 6.76. The van der Waals surface area contributed by atoms with Crippen LogP contribution in [0.1, 0.15) is 44.7 Å². The number of aliphatic hydroxyl groups is 1. The average molecular weight is 522 g/mol. The van der Waals surface area contributed by atoms with Crippen LogP contribution in [0.5, 0.6) is 0 Å². The van der Waals surface area contributed by atoms with E-state index in [0.717, 1.165) is 23.2 Å². The zero-order valence-corrected chi connectivity index (χ0v) is 23.0. The first kappa shape index (κ1) is 26.6. The molecule has 1 spiro atoms. The van der Waals surface area contributed by atoms with Crippen LogP contribution in [0.4, 0.5) is 5.69 Å². The molecule has 1 aromatic carbocycles. The highest BCUT2D eigenvalue weighted by molar-refractivity contribution is 6.06. The monoisotopic (exact) mass is 521 g/mol. The molecule has 4 heterocycles. The first-order chi connectivity index (χ1) is 18.2.